The molecular formula is C19H21Cl2N5O2S. The van der Waals surface area contributed by atoms with Crippen LogP contribution in [0.4, 0.5) is 10.8 Å². The zero-order chi connectivity index (χ0) is 20.8. The molecule has 2 amide bonds. The lowest BCUT2D eigenvalue weighted by Crippen LogP contribution is -2.51. The fourth-order valence-corrected chi connectivity index (χ4v) is 3.85. The molecule has 0 aliphatic carbocycles. The zero-order valence-corrected chi connectivity index (χ0v) is 18.0. The van der Waals surface area contributed by atoms with Crippen LogP contribution in [0.3, 0.4) is 0 Å². The second-order valence-corrected chi connectivity index (χ2v) is 8.13. The molecule has 1 saturated heterocycles. The smallest absolute Gasteiger partial charge is 0.273 e. The largest absolute Gasteiger partial charge is 0.352 e. The highest BCUT2D eigenvalue weighted by molar-refractivity contribution is 7.14. The minimum Gasteiger partial charge on any atom is -0.352 e. The maximum atomic E-state index is 12.7. The lowest BCUT2D eigenvalue weighted by molar-refractivity contribution is -0.122. The summed E-state index contributed by atoms with van der Waals surface area (Å²) in [5.74, 6) is -0.151. The van der Waals surface area contributed by atoms with Crippen molar-refractivity contribution in [3.8, 4) is 0 Å². The number of aromatic nitrogens is 1. The maximum absolute atomic E-state index is 12.7. The van der Waals surface area contributed by atoms with E-state index < -0.39 is 0 Å². The number of hydrogen-bond donors (Lipinski definition) is 2. The Balaban J connectivity index is 1.52. The fourth-order valence-electron chi connectivity index (χ4n) is 2.84. The Morgan fingerprint density at radius 1 is 1.21 bits per heavy atom. The number of carbonyl (C=O) groups is 2. The monoisotopic (exact) mass is 453 g/mol. The van der Waals surface area contributed by atoms with Gasteiger partial charge >= 0.3 is 0 Å². The third kappa shape index (κ3) is 5.93. The molecule has 0 bridgehead atoms. The van der Waals surface area contributed by atoms with Gasteiger partial charge < -0.3 is 15.5 Å². The molecule has 7 nitrogen and oxygen atoms in total. The molecule has 29 heavy (non-hydrogen) atoms. The number of thiazole rings is 1. The summed E-state index contributed by atoms with van der Waals surface area (Å²) < 4.78 is 0. The van der Waals surface area contributed by atoms with Gasteiger partial charge in [0.2, 0.25) is 5.91 Å². The fraction of sp³-hybridized carbons (Fsp3) is 0.316. The number of rotatable bonds is 7. The molecule has 0 saturated carbocycles. The van der Waals surface area contributed by atoms with Crippen LogP contribution in [0.25, 0.3) is 0 Å². The third-order valence-electron chi connectivity index (χ3n) is 4.36. The molecule has 2 N–H and O–H groups in total. The Hall–Kier alpha value is -2.13. The van der Waals surface area contributed by atoms with Crippen LogP contribution >= 0.6 is 34.5 Å². The van der Waals surface area contributed by atoms with Gasteiger partial charge in [0.1, 0.15) is 5.69 Å². The lowest BCUT2D eigenvalue weighted by Gasteiger charge is -2.33. The summed E-state index contributed by atoms with van der Waals surface area (Å²) in [5, 5.41) is 9.14. The molecule has 154 valence electrons. The molecule has 3 rings (SSSR count). The van der Waals surface area contributed by atoms with Crippen molar-refractivity contribution < 1.29 is 9.59 Å². The number of amides is 2. The minimum atomic E-state index is -0.112. The SMILES string of the molecule is C=CCNC(=O)CN1CCN(C(=O)c2csc(Nc3ccc(Cl)c(Cl)c3)n2)CC1. The first-order chi connectivity index (χ1) is 14.0. The molecule has 2 heterocycles. The van der Waals surface area contributed by atoms with Crippen molar-refractivity contribution in [1.82, 2.24) is 20.1 Å². The first-order valence-electron chi connectivity index (χ1n) is 9.03. The summed E-state index contributed by atoms with van der Waals surface area (Å²) in [6.45, 7) is 6.76. The number of hydrogen-bond acceptors (Lipinski definition) is 6. The summed E-state index contributed by atoms with van der Waals surface area (Å²) in [7, 11) is 0. The standard InChI is InChI=1S/C19H21Cl2N5O2S/c1-2-5-22-17(27)11-25-6-8-26(9-7-25)18(28)16-12-29-19(24-16)23-13-3-4-14(20)15(21)10-13/h2-4,10,12H,1,5-9,11H2,(H,22,27)(H,23,24). The van der Waals surface area contributed by atoms with Crippen molar-refractivity contribution in [3.63, 3.8) is 0 Å². The van der Waals surface area contributed by atoms with E-state index in [-0.39, 0.29) is 11.8 Å². The molecule has 1 aliphatic rings. The van der Waals surface area contributed by atoms with Crippen molar-refractivity contribution in [2.24, 2.45) is 0 Å². The Bertz CT molecular complexity index is 896. The van der Waals surface area contributed by atoms with Gasteiger partial charge in [0.15, 0.2) is 5.13 Å². The molecule has 10 heteroatoms. The minimum absolute atomic E-state index is 0.0396. The second kappa shape index (κ2) is 10.1. The highest BCUT2D eigenvalue weighted by Gasteiger charge is 2.24. The quantitative estimate of drug-likeness (QED) is 0.629. The first-order valence-corrected chi connectivity index (χ1v) is 10.7. The highest BCUT2D eigenvalue weighted by Crippen LogP contribution is 2.28. The number of nitrogens with zero attached hydrogens (tertiary/aromatic N) is 3. The van der Waals surface area contributed by atoms with Gasteiger partial charge in [-0.1, -0.05) is 29.3 Å². The van der Waals surface area contributed by atoms with E-state index in [1.54, 1.807) is 34.6 Å². The van der Waals surface area contributed by atoms with E-state index in [9.17, 15) is 9.59 Å². The summed E-state index contributed by atoms with van der Waals surface area (Å²) in [6.07, 6.45) is 1.65. The molecule has 2 aromatic rings. The number of nitrogens with one attached hydrogen (secondary N) is 2. The van der Waals surface area contributed by atoms with Crippen LogP contribution in [0.15, 0.2) is 36.2 Å². The van der Waals surface area contributed by atoms with Crippen LogP contribution in [0.1, 0.15) is 10.5 Å². The average molecular weight is 454 g/mol. The molecule has 1 aliphatic heterocycles. The summed E-state index contributed by atoms with van der Waals surface area (Å²) >= 11 is 13.3. The molecule has 1 aromatic carbocycles. The summed E-state index contributed by atoms with van der Waals surface area (Å²) in [4.78, 5) is 32.7. The number of benzene rings is 1. The molecular weight excluding hydrogens is 433 g/mol. The van der Waals surface area contributed by atoms with E-state index in [0.29, 0.717) is 60.1 Å². The van der Waals surface area contributed by atoms with E-state index in [1.807, 2.05) is 4.90 Å². The number of halogens is 2. The zero-order valence-electron chi connectivity index (χ0n) is 15.7. The summed E-state index contributed by atoms with van der Waals surface area (Å²) in [5.41, 5.74) is 1.14. The Kier molecular flexibility index (Phi) is 7.49. The van der Waals surface area contributed by atoms with Gasteiger partial charge in [-0.2, -0.15) is 0 Å². The van der Waals surface area contributed by atoms with Crippen molar-refractivity contribution in [2.75, 3.05) is 44.6 Å². The molecule has 0 unspecified atom stereocenters. The first kappa shape index (κ1) is 21.6. The van der Waals surface area contributed by atoms with Crippen LogP contribution in [0.2, 0.25) is 10.0 Å². The van der Waals surface area contributed by atoms with Crippen molar-refractivity contribution in [2.45, 2.75) is 0 Å². The Morgan fingerprint density at radius 2 is 1.97 bits per heavy atom. The van der Waals surface area contributed by atoms with Gasteiger partial charge in [0.05, 0.1) is 16.6 Å². The highest BCUT2D eigenvalue weighted by atomic mass is 35.5. The van der Waals surface area contributed by atoms with Crippen LogP contribution in [0.5, 0.6) is 0 Å². The normalized spacial score (nSPS) is 14.5. The predicted octanol–water partition coefficient (Wildman–Crippen LogP) is 3.25. The van der Waals surface area contributed by atoms with Crippen molar-refractivity contribution in [1.29, 1.82) is 0 Å². The van der Waals surface area contributed by atoms with Gasteiger partial charge in [0.25, 0.3) is 5.91 Å². The van der Waals surface area contributed by atoms with Crippen molar-refractivity contribution in [3.05, 3.63) is 52.0 Å². The number of anilines is 2. The van der Waals surface area contributed by atoms with Gasteiger partial charge in [-0.05, 0) is 18.2 Å². The van der Waals surface area contributed by atoms with E-state index in [1.165, 1.54) is 11.3 Å². The second-order valence-electron chi connectivity index (χ2n) is 6.45. The van der Waals surface area contributed by atoms with E-state index in [0.717, 1.165) is 5.69 Å². The van der Waals surface area contributed by atoms with Crippen LogP contribution in [-0.4, -0.2) is 65.9 Å². The van der Waals surface area contributed by atoms with Gasteiger partial charge in [0, 0.05) is 43.8 Å². The van der Waals surface area contributed by atoms with E-state index >= 15 is 0 Å². The van der Waals surface area contributed by atoms with Gasteiger partial charge in [-0.15, -0.1) is 17.9 Å². The van der Waals surface area contributed by atoms with Crippen molar-refractivity contribution >= 4 is 57.2 Å². The Morgan fingerprint density at radius 3 is 2.66 bits per heavy atom. The molecule has 0 atom stereocenters. The third-order valence-corrected chi connectivity index (χ3v) is 5.86. The van der Waals surface area contributed by atoms with Crippen LogP contribution in [0, 0.1) is 0 Å². The molecule has 1 aromatic heterocycles. The molecule has 1 fully saturated rings. The molecule has 0 radical (unpaired) electrons. The van der Waals surface area contributed by atoms with Gasteiger partial charge in [-0.25, -0.2) is 4.98 Å². The predicted molar refractivity (Wildman–Crippen MR) is 117 cm³/mol. The number of carbonyl (C=O) groups excluding carboxylic acids is 2. The average Bonchev–Trinajstić information content (AvgIpc) is 3.17. The topological polar surface area (TPSA) is 77.6 Å². The summed E-state index contributed by atoms with van der Waals surface area (Å²) in [6, 6.07) is 5.20. The van der Waals surface area contributed by atoms with Crippen LogP contribution in [-0.2, 0) is 4.79 Å². The maximum Gasteiger partial charge on any atom is 0.273 e. The van der Waals surface area contributed by atoms with Gasteiger partial charge in [-0.3, -0.25) is 14.5 Å². The molecule has 0 spiro atoms. The Labute approximate surface area is 183 Å². The lowest BCUT2D eigenvalue weighted by atomic mass is 10.3. The number of piperazine rings is 1. The van der Waals surface area contributed by atoms with Crippen LogP contribution < -0.4 is 10.6 Å². The van der Waals surface area contributed by atoms with E-state index in [2.05, 4.69) is 22.2 Å². The van der Waals surface area contributed by atoms with E-state index in [4.69, 9.17) is 23.2 Å².